The molecule has 0 saturated heterocycles. The lowest BCUT2D eigenvalue weighted by Crippen LogP contribution is -1.92. The summed E-state index contributed by atoms with van der Waals surface area (Å²) in [5.74, 6) is 0. The van der Waals surface area contributed by atoms with E-state index in [-0.39, 0.29) is 60.1 Å². The van der Waals surface area contributed by atoms with E-state index in [0.29, 0.717) is 0 Å². The minimum absolute atomic E-state index is 0.150. The standard InChI is InChI=1S/C44H28O/c1-3-14-29(15-4-1)32-18-7-8-19-34(32)43-37-22-11-9-20-35(37)42(36-21-10-12-23-38(36)43)31-26-27-40-39(28-31)44-33(24-13-25-41(44)45-40)30-16-5-2-6-17-30/h1-28H/i1D,2D,3D,4D,5D,6D,7D,8D,13D,14D,15D,16D,17D,18D,19D,24D,25D,26D,27D,28D. The molecule has 0 fully saturated rings. The van der Waals surface area contributed by atoms with E-state index in [4.69, 9.17) is 26.3 Å². The average molecular weight is 593 g/mol. The first-order chi connectivity index (χ1) is 30.7. The SMILES string of the molecule is [2H]c1c([2H])c([2H])c(-c2c([2H])c([2H])c([2H])c([2H])c2-c2c3ccccc3c(-c3c([2H])c([2H])c4oc5c([2H])c([2H])c([2H])c(-c6c([2H])c([2H])c([2H])c([2H])c6[2H])c5c4c3[2H])c3ccccc23)c([2H])c1[2H]. The summed E-state index contributed by atoms with van der Waals surface area (Å²) in [4.78, 5) is 0. The number of hydrogen-bond acceptors (Lipinski definition) is 1. The number of benzene rings is 8. The van der Waals surface area contributed by atoms with Crippen LogP contribution in [-0.4, -0.2) is 0 Å². The Hall–Kier alpha value is -5.92. The van der Waals surface area contributed by atoms with Gasteiger partial charge in [0.2, 0.25) is 0 Å². The van der Waals surface area contributed by atoms with Crippen molar-refractivity contribution < 1.29 is 31.8 Å². The fraction of sp³-hybridized carbons (Fsp3) is 0. The van der Waals surface area contributed by atoms with Gasteiger partial charge in [0.25, 0.3) is 0 Å². The highest BCUT2D eigenvalue weighted by Crippen LogP contribution is 2.47. The van der Waals surface area contributed by atoms with Gasteiger partial charge < -0.3 is 4.42 Å². The molecule has 9 rings (SSSR count). The molecule has 1 heterocycles. The lowest BCUT2D eigenvalue weighted by atomic mass is 9.83. The fourth-order valence-electron chi connectivity index (χ4n) is 5.87. The van der Waals surface area contributed by atoms with Crippen LogP contribution in [0.15, 0.2) is 174 Å². The van der Waals surface area contributed by atoms with Crippen LogP contribution in [0.2, 0.25) is 0 Å². The Morgan fingerprint density at radius 1 is 0.378 bits per heavy atom. The minimum atomic E-state index is -0.750. The Labute approximate surface area is 289 Å². The first-order valence-electron chi connectivity index (χ1n) is 23.8. The quantitative estimate of drug-likeness (QED) is 0.185. The van der Waals surface area contributed by atoms with Gasteiger partial charge in [-0.1, -0.05) is 151 Å². The molecule has 0 atom stereocenters. The Balaban J connectivity index is 1.49. The zero-order valence-electron chi connectivity index (χ0n) is 43.0. The molecule has 210 valence electrons. The molecule has 0 saturated carbocycles. The number of hydrogen-bond donors (Lipinski definition) is 0. The Kier molecular flexibility index (Phi) is 2.90. The number of furan rings is 1. The predicted molar refractivity (Wildman–Crippen MR) is 190 cm³/mol. The molecule has 0 bridgehead atoms. The van der Waals surface area contributed by atoms with Crippen molar-refractivity contribution in [2.24, 2.45) is 0 Å². The summed E-state index contributed by atoms with van der Waals surface area (Å²) in [6.07, 6.45) is 0. The Morgan fingerprint density at radius 2 is 0.911 bits per heavy atom. The molecule has 0 unspecified atom stereocenters. The van der Waals surface area contributed by atoms with Crippen LogP contribution in [0.4, 0.5) is 0 Å². The first kappa shape index (κ1) is 12.6. The van der Waals surface area contributed by atoms with Crippen molar-refractivity contribution in [3.63, 3.8) is 0 Å². The third-order valence-corrected chi connectivity index (χ3v) is 7.69. The van der Waals surface area contributed by atoms with E-state index < -0.39 is 149 Å². The molecule has 0 spiro atoms. The molecule has 0 N–H and O–H groups in total. The van der Waals surface area contributed by atoms with Gasteiger partial charge in [-0.05, 0) is 84.2 Å². The largest absolute Gasteiger partial charge is 0.456 e. The second-order valence-corrected chi connectivity index (χ2v) is 10.1. The maximum absolute atomic E-state index is 9.90. The third kappa shape index (κ3) is 4.09. The van der Waals surface area contributed by atoms with Gasteiger partial charge in [-0.3, -0.25) is 0 Å². The molecule has 0 aliphatic heterocycles. The van der Waals surface area contributed by atoms with Crippen molar-refractivity contribution in [2.75, 3.05) is 0 Å². The summed E-state index contributed by atoms with van der Waals surface area (Å²) >= 11 is 0. The summed E-state index contributed by atoms with van der Waals surface area (Å²) in [6.45, 7) is 0. The summed E-state index contributed by atoms with van der Waals surface area (Å²) in [6, 6.07) is -0.688. The van der Waals surface area contributed by atoms with Crippen LogP contribution in [0.1, 0.15) is 27.4 Å². The second-order valence-electron chi connectivity index (χ2n) is 10.1. The van der Waals surface area contributed by atoms with Gasteiger partial charge in [-0.15, -0.1) is 0 Å². The van der Waals surface area contributed by atoms with Crippen LogP contribution in [0.5, 0.6) is 0 Å². The summed E-state index contributed by atoms with van der Waals surface area (Å²) in [5, 5.41) is 0.563. The Bertz CT molecular complexity index is 3550. The van der Waals surface area contributed by atoms with E-state index in [9.17, 15) is 5.48 Å². The van der Waals surface area contributed by atoms with E-state index in [0.717, 1.165) is 0 Å². The van der Waals surface area contributed by atoms with Gasteiger partial charge in [0.05, 0.1) is 27.4 Å². The zero-order chi connectivity index (χ0) is 47.1. The van der Waals surface area contributed by atoms with E-state index >= 15 is 0 Å². The summed E-state index contributed by atoms with van der Waals surface area (Å²) < 4.78 is 182. The molecule has 9 aromatic rings. The molecule has 0 amide bonds. The van der Waals surface area contributed by atoms with Crippen LogP contribution in [0, 0.1) is 0 Å². The van der Waals surface area contributed by atoms with Gasteiger partial charge in [0.1, 0.15) is 11.2 Å². The van der Waals surface area contributed by atoms with Crippen LogP contribution in [-0.2, 0) is 0 Å². The minimum Gasteiger partial charge on any atom is -0.456 e. The van der Waals surface area contributed by atoms with Crippen molar-refractivity contribution in [3.8, 4) is 44.5 Å². The monoisotopic (exact) mass is 592 g/mol. The molecule has 8 aromatic carbocycles. The number of rotatable bonds is 4. The van der Waals surface area contributed by atoms with Gasteiger partial charge >= 0.3 is 0 Å². The van der Waals surface area contributed by atoms with E-state index in [2.05, 4.69) is 0 Å². The van der Waals surface area contributed by atoms with Gasteiger partial charge in [0.15, 0.2) is 0 Å². The highest BCUT2D eigenvalue weighted by atomic mass is 16.3. The highest BCUT2D eigenvalue weighted by molar-refractivity contribution is 6.23. The third-order valence-electron chi connectivity index (χ3n) is 7.69. The fourth-order valence-corrected chi connectivity index (χ4v) is 5.87. The van der Waals surface area contributed by atoms with Crippen LogP contribution in [0.25, 0.3) is 88.0 Å². The Morgan fingerprint density at radius 3 is 1.56 bits per heavy atom. The van der Waals surface area contributed by atoms with Gasteiger partial charge in [0, 0.05) is 10.8 Å². The van der Waals surface area contributed by atoms with Crippen molar-refractivity contribution in [3.05, 3.63) is 169 Å². The normalized spacial score (nSPS) is 17.8. The van der Waals surface area contributed by atoms with Gasteiger partial charge in [-0.25, -0.2) is 0 Å². The molecule has 1 heteroatoms. The summed E-state index contributed by atoms with van der Waals surface area (Å²) in [7, 11) is 0. The molecule has 1 aromatic heterocycles. The molecule has 0 aliphatic rings. The molecular formula is C44H28O. The van der Waals surface area contributed by atoms with Crippen molar-refractivity contribution in [2.45, 2.75) is 0 Å². The zero-order valence-corrected chi connectivity index (χ0v) is 23.0. The van der Waals surface area contributed by atoms with E-state index in [1.54, 1.807) is 48.5 Å². The van der Waals surface area contributed by atoms with Crippen LogP contribution in [0.3, 0.4) is 0 Å². The van der Waals surface area contributed by atoms with E-state index in [1.807, 2.05) is 0 Å². The molecule has 0 aliphatic carbocycles. The maximum atomic E-state index is 9.90. The molecular weight excluding hydrogens is 544 g/mol. The predicted octanol–water partition coefficient (Wildman–Crippen LogP) is 12.6. The maximum Gasteiger partial charge on any atom is 0.136 e. The lowest BCUT2D eigenvalue weighted by Gasteiger charge is -2.19. The number of fused-ring (bicyclic) bond motifs is 5. The highest BCUT2D eigenvalue weighted by Gasteiger charge is 2.20. The second kappa shape index (κ2) is 10.4. The smallest absolute Gasteiger partial charge is 0.136 e. The van der Waals surface area contributed by atoms with Crippen molar-refractivity contribution in [1.29, 1.82) is 0 Å². The van der Waals surface area contributed by atoms with E-state index in [1.165, 1.54) is 0 Å². The first-order valence-corrected chi connectivity index (χ1v) is 13.8. The topological polar surface area (TPSA) is 13.1 Å². The van der Waals surface area contributed by atoms with Crippen LogP contribution >= 0.6 is 0 Å². The lowest BCUT2D eigenvalue weighted by molar-refractivity contribution is 0.669. The van der Waals surface area contributed by atoms with Crippen molar-refractivity contribution >= 4 is 43.5 Å². The van der Waals surface area contributed by atoms with Gasteiger partial charge in [-0.2, -0.15) is 0 Å². The molecule has 45 heavy (non-hydrogen) atoms. The average Bonchev–Trinajstić information content (AvgIpc) is 3.70. The molecule has 0 radical (unpaired) electrons. The summed E-state index contributed by atoms with van der Waals surface area (Å²) in [5.41, 5.74) is -2.67. The van der Waals surface area contributed by atoms with Crippen LogP contribution < -0.4 is 0 Å². The molecule has 1 nitrogen and oxygen atoms in total. The van der Waals surface area contributed by atoms with Crippen molar-refractivity contribution in [1.82, 2.24) is 0 Å².